The number of nitrogens with one attached hydrogen (secondary N) is 2. The minimum Gasteiger partial charge on any atom is -0.381 e. The van der Waals surface area contributed by atoms with Crippen LogP contribution in [-0.4, -0.2) is 85.9 Å². The van der Waals surface area contributed by atoms with Crippen LogP contribution in [0.1, 0.15) is 64.7 Å². The second-order valence-electron chi connectivity index (χ2n) is 9.29. The van der Waals surface area contributed by atoms with E-state index in [2.05, 4.69) is 27.4 Å². The molecule has 168 valence electrons. The Kier molecular flexibility index (Phi) is 9.32. The lowest BCUT2D eigenvalue weighted by molar-refractivity contribution is -0.0139. The van der Waals surface area contributed by atoms with Gasteiger partial charge in [0, 0.05) is 50.5 Å². The van der Waals surface area contributed by atoms with E-state index in [9.17, 15) is 0 Å². The highest BCUT2D eigenvalue weighted by Gasteiger charge is 2.39. The van der Waals surface area contributed by atoms with Crippen LogP contribution in [0, 0.1) is 0 Å². The van der Waals surface area contributed by atoms with E-state index < -0.39 is 0 Å². The van der Waals surface area contributed by atoms with Crippen molar-refractivity contribution < 1.29 is 4.74 Å². The summed E-state index contributed by atoms with van der Waals surface area (Å²) in [6.07, 6.45) is 11.8. The van der Waals surface area contributed by atoms with Crippen molar-refractivity contribution in [3.63, 3.8) is 0 Å². The molecule has 3 saturated heterocycles. The Balaban J connectivity index is 0.00000240. The Morgan fingerprint density at radius 2 is 1.76 bits per heavy atom. The topological polar surface area (TPSA) is 52.1 Å². The number of rotatable bonds is 6. The maximum absolute atomic E-state index is 5.69. The highest BCUT2D eigenvalue weighted by molar-refractivity contribution is 14.0. The van der Waals surface area contributed by atoms with Crippen LogP contribution in [0.4, 0.5) is 0 Å². The van der Waals surface area contributed by atoms with Gasteiger partial charge >= 0.3 is 0 Å². The van der Waals surface area contributed by atoms with Gasteiger partial charge in [0.2, 0.25) is 0 Å². The zero-order valence-electron chi connectivity index (χ0n) is 18.3. The quantitative estimate of drug-likeness (QED) is 0.321. The van der Waals surface area contributed by atoms with Gasteiger partial charge in [-0.25, -0.2) is 0 Å². The number of aliphatic imine (C=N–C) groups is 1. The van der Waals surface area contributed by atoms with E-state index in [0.29, 0.717) is 6.04 Å². The minimum atomic E-state index is 0. The zero-order chi connectivity index (χ0) is 19.2. The molecule has 2 N–H and O–H groups in total. The first-order valence-electron chi connectivity index (χ1n) is 11.9. The number of hydrogen-bond donors (Lipinski definition) is 2. The van der Waals surface area contributed by atoms with Gasteiger partial charge in [0.25, 0.3) is 0 Å². The van der Waals surface area contributed by atoms with Crippen LogP contribution in [0.2, 0.25) is 0 Å². The monoisotopic (exact) mass is 519 g/mol. The maximum atomic E-state index is 5.69. The van der Waals surface area contributed by atoms with Crippen molar-refractivity contribution >= 4 is 29.9 Å². The molecule has 0 spiro atoms. The molecule has 0 aromatic carbocycles. The molecule has 3 heterocycles. The van der Waals surface area contributed by atoms with Crippen molar-refractivity contribution in [1.82, 2.24) is 20.4 Å². The molecular weight excluding hydrogens is 477 g/mol. The summed E-state index contributed by atoms with van der Waals surface area (Å²) in [6.45, 7) is 10.6. The molecule has 1 aliphatic carbocycles. The van der Waals surface area contributed by atoms with Crippen molar-refractivity contribution in [2.24, 2.45) is 4.99 Å². The predicted octanol–water partition coefficient (Wildman–Crippen LogP) is 2.82. The van der Waals surface area contributed by atoms with E-state index in [1.165, 1.54) is 71.1 Å². The first kappa shape index (κ1) is 23.5. The fraction of sp³-hybridized carbons (Fsp3) is 0.955. The Bertz CT molecular complexity index is 513. The maximum Gasteiger partial charge on any atom is 0.191 e. The molecule has 1 unspecified atom stereocenters. The van der Waals surface area contributed by atoms with Crippen molar-refractivity contribution in [3.8, 4) is 0 Å². The van der Waals surface area contributed by atoms with E-state index >= 15 is 0 Å². The summed E-state index contributed by atoms with van der Waals surface area (Å²) < 4.78 is 5.69. The first-order chi connectivity index (χ1) is 13.8. The fourth-order valence-electron chi connectivity index (χ4n) is 5.76. The Morgan fingerprint density at radius 1 is 1.03 bits per heavy atom. The van der Waals surface area contributed by atoms with Crippen molar-refractivity contribution in [1.29, 1.82) is 0 Å². The van der Waals surface area contributed by atoms with Crippen LogP contribution in [0.25, 0.3) is 0 Å². The van der Waals surface area contributed by atoms with E-state index in [0.717, 1.165) is 51.1 Å². The second-order valence-corrected chi connectivity index (χ2v) is 9.29. The molecule has 0 radical (unpaired) electrons. The van der Waals surface area contributed by atoms with Gasteiger partial charge < -0.3 is 15.4 Å². The normalized spacial score (nSPS) is 29.1. The van der Waals surface area contributed by atoms with Crippen LogP contribution in [0.3, 0.4) is 0 Å². The van der Waals surface area contributed by atoms with Gasteiger partial charge in [0.05, 0.1) is 6.54 Å². The summed E-state index contributed by atoms with van der Waals surface area (Å²) in [6, 6.07) is 1.38. The summed E-state index contributed by atoms with van der Waals surface area (Å²) in [5.41, 5.74) is 0.211. The van der Waals surface area contributed by atoms with Gasteiger partial charge in [-0.2, -0.15) is 0 Å². The largest absolute Gasteiger partial charge is 0.381 e. The molecular formula is C22H42IN5O. The standard InChI is InChI=1S/C22H41N5O.HI/c1-2-23-21(25-19-9-14-26(17-19)20-7-3-4-8-20)24-18-22(10-15-28-16-11-22)27-12-5-6-13-27;/h19-20H,2-18H2,1H3,(H2,23,24,25);1H. The number of halogens is 1. The van der Waals surface area contributed by atoms with Crippen LogP contribution in [0.5, 0.6) is 0 Å². The van der Waals surface area contributed by atoms with E-state index in [4.69, 9.17) is 9.73 Å². The third kappa shape index (κ3) is 5.98. The third-order valence-corrected chi connectivity index (χ3v) is 7.48. The number of nitrogens with zero attached hydrogens (tertiary/aromatic N) is 3. The van der Waals surface area contributed by atoms with Crippen molar-refractivity contribution in [2.45, 2.75) is 82.3 Å². The lowest BCUT2D eigenvalue weighted by Crippen LogP contribution is -2.54. The average molecular weight is 520 g/mol. The zero-order valence-corrected chi connectivity index (χ0v) is 20.7. The van der Waals surface area contributed by atoms with Gasteiger partial charge in [0.15, 0.2) is 5.96 Å². The molecule has 3 aliphatic heterocycles. The lowest BCUT2D eigenvalue weighted by atomic mass is 9.88. The fourth-order valence-corrected chi connectivity index (χ4v) is 5.76. The SMILES string of the molecule is CCNC(=NCC1(N2CCCC2)CCOCC1)NC1CCN(C2CCCC2)C1.I. The number of likely N-dealkylation sites (tertiary alicyclic amines) is 2. The highest BCUT2D eigenvalue weighted by Crippen LogP contribution is 2.32. The summed E-state index contributed by atoms with van der Waals surface area (Å²) in [5, 5.41) is 7.28. The molecule has 0 aromatic rings. The van der Waals surface area contributed by atoms with Gasteiger partial charge in [-0.1, -0.05) is 12.8 Å². The van der Waals surface area contributed by atoms with Crippen molar-refractivity contribution in [2.75, 3.05) is 52.5 Å². The molecule has 0 amide bonds. The van der Waals surface area contributed by atoms with Gasteiger partial charge in [-0.3, -0.25) is 14.8 Å². The van der Waals surface area contributed by atoms with Gasteiger partial charge in [-0.15, -0.1) is 24.0 Å². The summed E-state index contributed by atoms with van der Waals surface area (Å²) in [4.78, 5) is 10.5. The van der Waals surface area contributed by atoms with E-state index in [1.54, 1.807) is 0 Å². The molecule has 6 nitrogen and oxygen atoms in total. The smallest absolute Gasteiger partial charge is 0.191 e. The van der Waals surface area contributed by atoms with Gasteiger partial charge in [0.1, 0.15) is 0 Å². The predicted molar refractivity (Wildman–Crippen MR) is 130 cm³/mol. The molecule has 0 aromatic heterocycles. The van der Waals surface area contributed by atoms with E-state index in [1.807, 2.05) is 0 Å². The average Bonchev–Trinajstić information content (AvgIpc) is 3.49. The summed E-state index contributed by atoms with van der Waals surface area (Å²) in [7, 11) is 0. The highest BCUT2D eigenvalue weighted by atomic mass is 127. The lowest BCUT2D eigenvalue weighted by Gasteiger charge is -2.43. The minimum absolute atomic E-state index is 0. The first-order valence-corrected chi connectivity index (χ1v) is 11.9. The van der Waals surface area contributed by atoms with Crippen LogP contribution < -0.4 is 10.6 Å². The van der Waals surface area contributed by atoms with Crippen molar-refractivity contribution in [3.05, 3.63) is 0 Å². The Morgan fingerprint density at radius 3 is 2.45 bits per heavy atom. The Labute approximate surface area is 194 Å². The molecule has 1 saturated carbocycles. The molecule has 4 fully saturated rings. The molecule has 4 rings (SSSR count). The number of ether oxygens (including phenoxy) is 1. The molecule has 4 aliphatic rings. The number of hydrogen-bond acceptors (Lipinski definition) is 4. The van der Waals surface area contributed by atoms with Crippen LogP contribution >= 0.6 is 24.0 Å². The van der Waals surface area contributed by atoms with Crippen LogP contribution in [-0.2, 0) is 4.74 Å². The Hall–Kier alpha value is -0.120. The van der Waals surface area contributed by atoms with E-state index in [-0.39, 0.29) is 29.5 Å². The summed E-state index contributed by atoms with van der Waals surface area (Å²) >= 11 is 0. The third-order valence-electron chi connectivity index (χ3n) is 7.48. The molecule has 0 bridgehead atoms. The number of guanidine groups is 1. The molecule has 29 heavy (non-hydrogen) atoms. The summed E-state index contributed by atoms with van der Waals surface area (Å²) in [5.74, 6) is 1.02. The van der Waals surface area contributed by atoms with Gasteiger partial charge in [-0.05, 0) is 65.0 Å². The van der Waals surface area contributed by atoms with Crippen LogP contribution in [0.15, 0.2) is 4.99 Å². The molecule has 7 heteroatoms. The second kappa shape index (κ2) is 11.5. The molecule has 1 atom stereocenters.